The van der Waals surface area contributed by atoms with Gasteiger partial charge < -0.3 is 30.9 Å². The lowest BCUT2D eigenvalue weighted by Crippen LogP contribution is -2.50. The normalized spacial score (nSPS) is 27.4. The Morgan fingerprint density at radius 2 is 1.97 bits per heavy atom. The summed E-state index contributed by atoms with van der Waals surface area (Å²) in [4.78, 5) is 23.6. The van der Waals surface area contributed by atoms with Crippen LogP contribution in [-0.2, 0) is 15.3 Å². The van der Waals surface area contributed by atoms with E-state index in [1.165, 1.54) is 17.2 Å². The fourth-order valence-corrected chi connectivity index (χ4v) is 4.60. The van der Waals surface area contributed by atoms with Gasteiger partial charge in [-0.3, -0.25) is 9.36 Å². The molecule has 0 radical (unpaired) electrons. The molecule has 1 unspecified atom stereocenters. The number of aliphatic hydroxyl groups excluding tert-OH is 3. The van der Waals surface area contributed by atoms with Gasteiger partial charge in [-0.2, -0.15) is 0 Å². The van der Waals surface area contributed by atoms with Crippen LogP contribution in [0.15, 0.2) is 43.0 Å². The van der Waals surface area contributed by atoms with E-state index in [1.54, 1.807) is 0 Å². The summed E-state index contributed by atoms with van der Waals surface area (Å²) in [5.74, 6) is -1.65. The number of rotatable bonds is 7. The molecule has 3 heterocycles. The van der Waals surface area contributed by atoms with E-state index in [1.807, 2.05) is 37.3 Å². The Bertz CT molecular complexity index is 1110. The Hall–Kier alpha value is -3.12. The predicted octanol–water partition coefficient (Wildman–Crippen LogP) is 0.211. The Labute approximate surface area is 183 Å². The van der Waals surface area contributed by atoms with Crippen LogP contribution in [0.1, 0.15) is 31.2 Å². The molecule has 2 aromatic heterocycles. The second-order valence-corrected chi connectivity index (χ2v) is 7.85. The quantitative estimate of drug-likeness (QED) is 0.339. The number of carbonyl (C=O) groups is 1. The van der Waals surface area contributed by atoms with Crippen LogP contribution >= 0.6 is 0 Å². The number of ether oxygens (including phenoxy) is 1. The third kappa shape index (κ3) is 3.39. The van der Waals surface area contributed by atoms with Gasteiger partial charge in [0.05, 0.1) is 18.9 Å². The van der Waals surface area contributed by atoms with Gasteiger partial charge in [-0.15, -0.1) is 0 Å². The van der Waals surface area contributed by atoms with Gasteiger partial charge in [0, 0.05) is 5.92 Å². The highest BCUT2D eigenvalue weighted by Gasteiger charge is 2.61. The fourth-order valence-electron chi connectivity index (χ4n) is 4.60. The van der Waals surface area contributed by atoms with Crippen LogP contribution in [-0.4, -0.2) is 70.3 Å². The molecule has 4 rings (SSSR count). The molecule has 1 aliphatic heterocycles. The van der Waals surface area contributed by atoms with Crippen molar-refractivity contribution in [2.75, 3.05) is 5.73 Å². The minimum atomic E-state index is -1.66. The summed E-state index contributed by atoms with van der Waals surface area (Å²) >= 11 is 0. The fraction of sp³-hybridized carbons (Fsp3) is 0.429. The number of carboxylic acid groups (broad SMARTS) is 1. The zero-order valence-corrected chi connectivity index (χ0v) is 17.3. The van der Waals surface area contributed by atoms with Crippen molar-refractivity contribution in [3.8, 4) is 0 Å². The van der Waals surface area contributed by atoms with Gasteiger partial charge in [-0.05, 0) is 12.0 Å². The number of imidazole rings is 1. The maximum atomic E-state index is 11.4. The van der Waals surface area contributed by atoms with E-state index in [9.17, 15) is 20.1 Å². The first-order valence-corrected chi connectivity index (χ1v) is 10.2. The molecule has 3 aromatic rings. The molecule has 11 nitrogen and oxygen atoms in total. The molecule has 1 aromatic carbocycles. The standard InChI is InChI=1S/C21H25N5O6/c1-2-12(11-6-4-3-5-7-11)21(26-10-25-15-19(22)23-9-24-20(15)26)18(31)16(30)17(32-21)13(27)8-14(28)29/h3-7,9-10,12-13,16-18,27,30-31H,2,8H2,1H3,(H,28,29)(H2,22,23,24)/t12-,13?,16+,17+,18+,21+/m0/s1. The number of nitrogen functional groups attached to an aromatic ring is 1. The summed E-state index contributed by atoms with van der Waals surface area (Å²) in [6.07, 6.45) is -3.59. The molecule has 6 atom stereocenters. The van der Waals surface area contributed by atoms with Crippen LogP contribution in [0, 0.1) is 0 Å². The average Bonchev–Trinajstić information content (AvgIpc) is 3.31. The maximum absolute atomic E-state index is 11.4. The number of hydrogen-bond acceptors (Lipinski definition) is 9. The number of fused-ring (bicyclic) bond motifs is 1. The van der Waals surface area contributed by atoms with Crippen molar-refractivity contribution >= 4 is 23.0 Å². The van der Waals surface area contributed by atoms with Gasteiger partial charge in [0.2, 0.25) is 0 Å². The molecule has 11 heteroatoms. The van der Waals surface area contributed by atoms with Gasteiger partial charge in [-0.1, -0.05) is 37.3 Å². The molecule has 0 amide bonds. The second kappa shape index (κ2) is 8.43. The number of aliphatic carboxylic acids is 1. The third-order valence-electron chi connectivity index (χ3n) is 6.02. The summed E-state index contributed by atoms with van der Waals surface area (Å²) in [6, 6.07) is 9.26. The van der Waals surface area contributed by atoms with Crippen molar-refractivity contribution in [2.24, 2.45) is 0 Å². The van der Waals surface area contributed by atoms with E-state index in [4.69, 9.17) is 15.6 Å². The number of nitrogens with two attached hydrogens (primary N) is 1. The highest BCUT2D eigenvalue weighted by atomic mass is 16.6. The molecule has 1 saturated heterocycles. The smallest absolute Gasteiger partial charge is 0.306 e. The van der Waals surface area contributed by atoms with Gasteiger partial charge in [0.25, 0.3) is 0 Å². The second-order valence-electron chi connectivity index (χ2n) is 7.85. The lowest BCUT2D eigenvalue weighted by molar-refractivity contribution is -0.177. The first-order chi connectivity index (χ1) is 15.3. The number of aliphatic hydroxyl groups is 3. The number of benzene rings is 1. The minimum Gasteiger partial charge on any atom is -0.481 e. The molecule has 6 N–H and O–H groups in total. The highest BCUT2D eigenvalue weighted by Crippen LogP contribution is 2.49. The molecule has 0 bridgehead atoms. The van der Waals surface area contributed by atoms with Crippen molar-refractivity contribution in [1.29, 1.82) is 0 Å². The van der Waals surface area contributed by atoms with Crippen molar-refractivity contribution in [3.05, 3.63) is 48.5 Å². The van der Waals surface area contributed by atoms with Crippen LogP contribution in [0.5, 0.6) is 0 Å². The van der Waals surface area contributed by atoms with Crippen LogP contribution in [0.25, 0.3) is 11.2 Å². The van der Waals surface area contributed by atoms with E-state index in [0.717, 1.165) is 5.56 Å². The van der Waals surface area contributed by atoms with Crippen LogP contribution in [0.3, 0.4) is 0 Å². The van der Waals surface area contributed by atoms with E-state index in [2.05, 4.69) is 15.0 Å². The molecule has 0 aliphatic carbocycles. The van der Waals surface area contributed by atoms with Crippen LogP contribution in [0.2, 0.25) is 0 Å². The molecule has 1 aliphatic rings. The molecule has 32 heavy (non-hydrogen) atoms. The summed E-state index contributed by atoms with van der Waals surface area (Å²) in [5, 5.41) is 41.8. The average molecular weight is 443 g/mol. The summed E-state index contributed by atoms with van der Waals surface area (Å²) in [6.45, 7) is 1.89. The van der Waals surface area contributed by atoms with E-state index < -0.39 is 48.4 Å². The number of hydrogen-bond donors (Lipinski definition) is 5. The highest BCUT2D eigenvalue weighted by molar-refractivity contribution is 5.81. The lowest BCUT2D eigenvalue weighted by atomic mass is 9.81. The molecule has 0 spiro atoms. The molecule has 1 fully saturated rings. The maximum Gasteiger partial charge on any atom is 0.306 e. The molecule has 170 valence electrons. The van der Waals surface area contributed by atoms with Gasteiger partial charge in [0.15, 0.2) is 17.2 Å². The van der Waals surface area contributed by atoms with Crippen molar-refractivity contribution in [3.63, 3.8) is 0 Å². The SMILES string of the molecule is CC[C@@H](c1ccccc1)[C@@]1(n2cnc3c(N)ncnc32)O[C@H](C(O)CC(=O)O)[C@@H](O)[C@H]1O. The third-order valence-corrected chi connectivity index (χ3v) is 6.02. The number of aromatic nitrogens is 4. The minimum absolute atomic E-state index is 0.132. The van der Waals surface area contributed by atoms with Crippen molar-refractivity contribution in [1.82, 2.24) is 19.5 Å². The zero-order valence-electron chi connectivity index (χ0n) is 17.3. The first kappa shape index (κ1) is 22.1. The van der Waals surface area contributed by atoms with Crippen LogP contribution in [0.4, 0.5) is 5.82 Å². The van der Waals surface area contributed by atoms with E-state index in [0.29, 0.717) is 6.42 Å². The van der Waals surface area contributed by atoms with Gasteiger partial charge >= 0.3 is 5.97 Å². The topological polar surface area (TPSA) is 177 Å². The zero-order chi connectivity index (χ0) is 23.0. The number of nitrogens with zero attached hydrogens (tertiary/aromatic N) is 4. The number of carboxylic acids is 1. The van der Waals surface area contributed by atoms with Crippen molar-refractivity contribution in [2.45, 2.75) is 55.8 Å². The molecular weight excluding hydrogens is 418 g/mol. The largest absolute Gasteiger partial charge is 0.481 e. The van der Waals surface area contributed by atoms with E-state index in [-0.39, 0.29) is 17.0 Å². The summed E-state index contributed by atoms with van der Waals surface area (Å²) < 4.78 is 7.73. The van der Waals surface area contributed by atoms with Gasteiger partial charge in [0.1, 0.15) is 30.2 Å². The van der Waals surface area contributed by atoms with Crippen LogP contribution < -0.4 is 5.73 Å². The first-order valence-electron chi connectivity index (χ1n) is 10.2. The molecule has 0 saturated carbocycles. The Balaban J connectivity index is 1.93. The van der Waals surface area contributed by atoms with Crippen molar-refractivity contribution < 1.29 is 30.0 Å². The Morgan fingerprint density at radius 3 is 2.62 bits per heavy atom. The lowest BCUT2D eigenvalue weighted by Gasteiger charge is -2.40. The molecular formula is C21H25N5O6. The van der Waals surface area contributed by atoms with E-state index >= 15 is 0 Å². The predicted molar refractivity (Wildman–Crippen MR) is 112 cm³/mol. The summed E-state index contributed by atoms with van der Waals surface area (Å²) in [7, 11) is 0. The monoisotopic (exact) mass is 443 g/mol. The summed E-state index contributed by atoms with van der Waals surface area (Å²) in [5.41, 5.74) is 5.64. The van der Waals surface area contributed by atoms with Gasteiger partial charge in [-0.25, -0.2) is 15.0 Å². The Morgan fingerprint density at radius 1 is 1.25 bits per heavy atom. The Kier molecular flexibility index (Phi) is 5.82. The number of anilines is 1.